The van der Waals surface area contributed by atoms with Gasteiger partial charge < -0.3 is 9.59 Å². The lowest BCUT2D eigenvalue weighted by Gasteiger charge is -1.89. The molecule has 0 aliphatic rings. The summed E-state index contributed by atoms with van der Waals surface area (Å²) in [4.78, 5) is 21.0. The molecule has 0 aromatic heterocycles. The van der Waals surface area contributed by atoms with Crippen LogP contribution in [0.3, 0.4) is 0 Å². The van der Waals surface area contributed by atoms with Gasteiger partial charge in [-0.1, -0.05) is 12.2 Å². The normalized spacial score (nSPS) is 10.5. The van der Waals surface area contributed by atoms with E-state index >= 15 is 0 Å². The van der Waals surface area contributed by atoms with Gasteiger partial charge in [0.15, 0.2) is 0 Å². The Kier molecular flexibility index (Phi) is 6.25. The summed E-state index contributed by atoms with van der Waals surface area (Å²) in [5.74, 6) is 0.428. The molecule has 0 atom stereocenters. The van der Waals surface area contributed by atoms with Gasteiger partial charge in [0.25, 0.3) is 0 Å². The van der Waals surface area contributed by atoms with Crippen molar-refractivity contribution >= 4 is 11.6 Å². The molecule has 12 heavy (non-hydrogen) atoms. The predicted octanol–water partition coefficient (Wildman–Crippen LogP) is 2.28. The minimum atomic E-state index is 0.214. The molecule has 0 aliphatic heterocycles. The topological polar surface area (TPSA) is 34.1 Å². The summed E-state index contributed by atoms with van der Waals surface area (Å²) >= 11 is 0. The number of allylic oxidation sites excluding steroid dienone is 2. The summed E-state index contributed by atoms with van der Waals surface area (Å²) < 4.78 is 0. The largest absolute Gasteiger partial charge is 0.300 e. The third-order valence-corrected chi connectivity index (χ3v) is 1.49. The van der Waals surface area contributed by atoms with Crippen LogP contribution < -0.4 is 0 Å². The average Bonchev–Trinajstić information content (AvgIpc) is 1.95. The maximum Gasteiger partial charge on any atom is 0.130 e. The fourth-order valence-electron chi connectivity index (χ4n) is 0.809. The molecule has 0 unspecified atom stereocenters. The molecule has 0 bridgehead atoms. The van der Waals surface area contributed by atoms with Gasteiger partial charge in [-0.05, 0) is 26.7 Å². The summed E-state index contributed by atoms with van der Waals surface area (Å²) in [5.41, 5.74) is 0. The Labute approximate surface area is 73.7 Å². The van der Waals surface area contributed by atoms with Gasteiger partial charge in [0.05, 0.1) is 0 Å². The van der Waals surface area contributed by atoms with E-state index in [0.29, 0.717) is 12.8 Å². The molecule has 0 saturated carbocycles. The second-order valence-electron chi connectivity index (χ2n) is 2.95. The highest BCUT2D eigenvalue weighted by atomic mass is 16.1. The van der Waals surface area contributed by atoms with Crippen LogP contribution in [0, 0.1) is 0 Å². The Morgan fingerprint density at radius 1 is 0.917 bits per heavy atom. The van der Waals surface area contributed by atoms with E-state index in [4.69, 9.17) is 0 Å². The highest BCUT2D eigenvalue weighted by molar-refractivity contribution is 5.76. The molecule has 0 radical (unpaired) electrons. The maximum atomic E-state index is 10.5. The van der Waals surface area contributed by atoms with Crippen LogP contribution in [-0.2, 0) is 9.59 Å². The molecule has 68 valence electrons. The molecule has 0 aromatic rings. The second kappa shape index (κ2) is 6.77. The molecule has 2 heteroatoms. The van der Waals surface area contributed by atoms with Crippen LogP contribution in [0.2, 0.25) is 0 Å². The van der Waals surface area contributed by atoms with Gasteiger partial charge in [0.2, 0.25) is 0 Å². The molecule has 2 nitrogen and oxygen atoms in total. The van der Waals surface area contributed by atoms with Crippen LogP contribution >= 0.6 is 0 Å². The van der Waals surface area contributed by atoms with Crippen molar-refractivity contribution in [2.45, 2.75) is 39.5 Å². The van der Waals surface area contributed by atoms with Crippen LogP contribution in [0.25, 0.3) is 0 Å². The molecule has 0 saturated heterocycles. The Morgan fingerprint density at radius 3 is 1.50 bits per heavy atom. The summed E-state index contributed by atoms with van der Waals surface area (Å²) in [5, 5.41) is 0. The van der Waals surface area contributed by atoms with Crippen molar-refractivity contribution in [2.75, 3.05) is 0 Å². The molecule has 0 aliphatic carbocycles. The number of rotatable bonds is 6. The summed E-state index contributed by atoms with van der Waals surface area (Å²) in [6.45, 7) is 3.17. The number of carbonyl (C=O) groups excluding carboxylic acids is 2. The molecule has 0 amide bonds. The number of carbonyl (C=O) groups is 2. The number of Topliss-reactive ketones (excluding diaryl/α,β-unsaturated/α-hetero) is 2. The summed E-state index contributed by atoms with van der Waals surface area (Å²) in [7, 11) is 0. The first-order chi connectivity index (χ1) is 5.63. The maximum absolute atomic E-state index is 10.5. The number of hydrogen-bond donors (Lipinski definition) is 0. The number of ketones is 2. The quantitative estimate of drug-likeness (QED) is 0.570. The van der Waals surface area contributed by atoms with Gasteiger partial charge in [0.1, 0.15) is 11.6 Å². The minimum Gasteiger partial charge on any atom is -0.300 e. The highest BCUT2D eigenvalue weighted by Crippen LogP contribution is 1.96. The van der Waals surface area contributed by atoms with E-state index in [0.717, 1.165) is 12.8 Å². The Balaban J connectivity index is 3.26. The first kappa shape index (κ1) is 11.1. The van der Waals surface area contributed by atoms with Crippen molar-refractivity contribution < 1.29 is 9.59 Å². The van der Waals surface area contributed by atoms with Gasteiger partial charge in [-0.2, -0.15) is 0 Å². The van der Waals surface area contributed by atoms with Crippen LogP contribution in [0.15, 0.2) is 12.2 Å². The molecular weight excluding hydrogens is 152 g/mol. The van der Waals surface area contributed by atoms with Gasteiger partial charge in [-0.25, -0.2) is 0 Å². The molecule has 0 fully saturated rings. The van der Waals surface area contributed by atoms with Crippen molar-refractivity contribution in [3.63, 3.8) is 0 Å². The van der Waals surface area contributed by atoms with Crippen molar-refractivity contribution in [3.05, 3.63) is 12.2 Å². The lowest BCUT2D eigenvalue weighted by atomic mass is 10.2. The molecule has 0 rings (SSSR count). The van der Waals surface area contributed by atoms with E-state index in [1.165, 1.54) is 0 Å². The van der Waals surface area contributed by atoms with E-state index in [2.05, 4.69) is 0 Å². The van der Waals surface area contributed by atoms with Gasteiger partial charge in [0, 0.05) is 12.8 Å². The standard InChI is InChI=1S/C10H16O2/c1-9(11)7-5-3-4-6-8-10(2)12/h3-4H,5-8H2,1-2H3/b4-3+. The SMILES string of the molecule is CC(=O)CC/C=C/CCC(C)=O. The zero-order valence-corrected chi connectivity index (χ0v) is 7.80. The van der Waals surface area contributed by atoms with Crippen LogP contribution in [0.1, 0.15) is 39.5 Å². The first-order valence-corrected chi connectivity index (χ1v) is 4.27. The van der Waals surface area contributed by atoms with Gasteiger partial charge in [-0.3, -0.25) is 0 Å². The zero-order valence-electron chi connectivity index (χ0n) is 7.80. The molecule has 0 aromatic carbocycles. The Bertz CT molecular complexity index is 160. The van der Waals surface area contributed by atoms with Crippen LogP contribution in [-0.4, -0.2) is 11.6 Å². The Morgan fingerprint density at radius 2 is 1.25 bits per heavy atom. The fourth-order valence-corrected chi connectivity index (χ4v) is 0.809. The van der Waals surface area contributed by atoms with Crippen molar-refractivity contribution in [1.29, 1.82) is 0 Å². The Hall–Kier alpha value is -0.920. The van der Waals surface area contributed by atoms with E-state index < -0.39 is 0 Å². The van der Waals surface area contributed by atoms with E-state index in [1.54, 1.807) is 13.8 Å². The summed E-state index contributed by atoms with van der Waals surface area (Å²) in [6.07, 6.45) is 6.74. The van der Waals surface area contributed by atoms with E-state index in [9.17, 15) is 9.59 Å². The van der Waals surface area contributed by atoms with Crippen molar-refractivity contribution in [1.82, 2.24) is 0 Å². The highest BCUT2D eigenvalue weighted by Gasteiger charge is 1.90. The van der Waals surface area contributed by atoms with Crippen LogP contribution in [0.5, 0.6) is 0 Å². The lowest BCUT2D eigenvalue weighted by Crippen LogP contribution is -1.88. The molecule has 0 N–H and O–H groups in total. The molecular formula is C10H16O2. The minimum absolute atomic E-state index is 0.214. The monoisotopic (exact) mass is 168 g/mol. The summed E-state index contributed by atoms with van der Waals surface area (Å²) in [6, 6.07) is 0. The molecule has 0 spiro atoms. The fraction of sp³-hybridized carbons (Fsp3) is 0.600. The second-order valence-corrected chi connectivity index (χ2v) is 2.95. The predicted molar refractivity (Wildman–Crippen MR) is 49.0 cm³/mol. The number of hydrogen-bond acceptors (Lipinski definition) is 2. The molecule has 0 heterocycles. The average molecular weight is 168 g/mol. The zero-order chi connectivity index (χ0) is 9.40. The van der Waals surface area contributed by atoms with Crippen molar-refractivity contribution in [3.8, 4) is 0 Å². The van der Waals surface area contributed by atoms with Gasteiger partial charge in [-0.15, -0.1) is 0 Å². The smallest absolute Gasteiger partial charge is 0.130 e. The lowest BCUT2D eigenvalue weighted by molar-refractivity contribution is -0.117. The third kappa shape index (κ3) is 9.08. The van der Waals surface area contributed by atoms with Gasteiger partial charge >= 0.3 is 0 Å². The first-order valence-electron chi connectivity index (χ1n) is 4.27. The van der Waals surface area contributed by atoms with E-state index in [-0.39, 0.29) is 11.6 Å². The van der Waals surface area contributed by atoms with Crippen LogP contribution in [0.4, 0.5) is 0 Å². The third-order valence-electron chi connectivity index (χ3n) is 1.49. The van der Waals surface area contributed by atoms with E-state index in [1.807, 2.05) is 12.2 Å². The van der Waals surface area contributed by atoms with Crippen molar-refractivity contribution in [2.24, 2.45) is 0 Å².